The number of anilines is 2. The molecule has 1 aliphatic carbocycles. The van der Waals surface area contributed by atoms with Gasteiger partial charge in [0.2, 0.25) is 11.8 Å². The quantitative estimate of drug-likeness (QED) is 0.373. The van der Waals surface area contributed by atoms with Gasteiger partial charge in [-0.15, -0.1) is 11.8 Å². The molecule has 1 unspecified atom stereocenters. The van der Waals surface area contributed by atoms with Crippen LogP contribution in [0, 0.1) is 19.7 Å². The summed E-state index contributed by atoms with van der Waals surface area (Å²) < 4.78 is 24.5. The molecule has 0 bridgehead atoms. The summed E-state index contributed by atoms with van der Waals surface area (Å²) in [5, 5.41) is 9.42. The van der Waals surface area contributed by atoms with Crippen molar-refractivity contribution in [3.8, 4) is 0 Å². The number of nitrogens with zero attached hydrogens (tertiary/aromatic N) is 2. The molecule has 1 saturated carbocycles. The lowest BCUT2D eigenvalue weighted by Gasteiger charge is -2.32. The fourth-order valence-electron chi connectivity index (χ4n) is 4.44. The highest BCUT2D eigenvalue weighted by atomic mass is 32.2. The van der Waals surface area contributed by atoms with Crippen molar-refractivity contribution in [1.82, 2.24) is 10.5 Å². The Morgan fingerprint density at radius 2 is 1.79 bits per heavy atom. The Hall–Kier alpha value is -3.60. The summed E-state index contributed by atoms with van der Waals surface area (Å²) in [6.07, 6.45) is 4.94. The van der Waals surface area contributed by atoms with E-state index < -0.39 is 17.8 Å². The first-order valence-corrected chi connectivity index (χ1v) is 13.7. The third-order valence-corrected chi connectivity index (χ3v) is 7.13. The highest BCUT2D eigenvalue weighted by Gasteiger charge is 2.36. The van der Waals surface area contributed by atoms with Crippen LogP contribution < -0.4 is 15.5 Å². The van der Waals surface area contributed by atoms with Crippen molar-refractivity contribution in [2.75, 3.05) is 21.7 Å². The summed E-state index contributed by atoms with van der Waals surface area (Å²) in [6, 6.07) is 9.28. The van der Waals surface area contributed by atoms with Gasteiger partial charge in [-0.25, -0.2) is 4.39 Å². The van der Waals surface area contributed by atoms with Crippen LogP contribution in [0.4, 0.5) is 15.9 Å². The van der Waals surface area contributed by atoms with Crippen LogP contribution in [-0.4, -0.2) is 40.4 Å². The first-order valence-electron chi connectivity index (χ1n) is 12.6. The summed E-state index contributed by atoms with van der Waals surface area (Å²) in [4.78, 5) is 40.9. The number of halogens is 1. The molecular formula is C27H31FN4O5S. The molecule has 2 aromatic heterocycles. The summed E-state index contributed by atoms with van der Waals surface area (Å²) in [6.45, 7) is 3.47. The Balaban J connectivity index is 1.54. The summed E-state index contributed by atoms with van der Waals surface area (Å²) >= 11 is 1.09. The number of carbonyl (C=O) groups is 3. The van der Waals surface area contributed by atoms with Crippen LogP contribution in [0.2, 0.25) is 0 Å². The standard InChI is InChI=1S/C27H31FN4O5S/c1-17-8-13-22(36-17)26(27(35)29-20-6-4-3-5-7-20)32(21-11-9-19(28)10-12-21)25(34)16-38-15-24(33)30-23-14-18(2)37-31-23/h8-14,20,26H,3-7,15-16H2,1-2H3,(H,29,35)(H,30,31,33). The van der Waals surface area contributed by atoms with E-state index in [2.05, 4.69) is 15.8 Å². The van der Waals surface area contributed by atoms with E-state index in [0.717, 1.165) is 43.9 Å². The number of amides is 3. The predicted molar refractivity (Wildman–Crippen MR) is 142 cm³/mol. The van der Waals surface area contributed by atoms with Crippen LogP contribution in [0.15, 0.2) is 51.4 Å². The number of benzene rings is 1. The second-order valence-electron chi connectivity index (χ2n) is 9.30. The van der Waals surface area contributed by atoms with Gasteiger partial charge in [0.1, 0.15) is 23.1 Å². The third-order valence-electron chi connectivity index (χ3n) is 6.22. The van der Waals surface area contributed by atoms with Crippen molar-refractivity contribution in [1.29, 1.82) is 0 Å². The number of hydrogen-bond acceptors (Lipinski definition) is 7. The Labute approximate surface area is 224 Å². The SMILES string of the molecule is Cc1cc(NC(=O)CSCC(=O)N(c2ccc(F)cc2)C(C(=O)NC2CCCCC2)c2ccc(C)o2)no1. The maximum Gasteiger partial charge on any atom is 0.251 e. The van der Waals surface area contributed by atoms with Crippen LogP contribution in [0.3, 0.4) is 0 Å². The number of hydrogen-bond donors (Lipinski definition) is 2. The second-order valence-corrected chi connectivity index (χ2v) is 10.3. The van der Waals surface area contributed by atoms with Gasteiger partial charge < -0.3 is 19.6 Å². The Bertz CT molecular complexity index is 1250. The zero-order valence-electron chi connectivity index (χ0n) is 21.4. The minimum atomic E-state index is -1.10. The van der Waals surface area contributed by atoms with E-state index >= 15 is 0 Å². The van der Waals surface area contributed by atoms with Crippen LogP contribution >= 0.6 is 11.8 Å². The lowest BCUT2D eigenvalue weighted by atomic mass is 9.95. The number of nitrogens with one attached hydrogen (secondary N) is 2. The van der Waals surface area contributed by atoms with Gasteiger partial charge in [0, 0.05) is 17.8 Å². The lowest BCUT2D eigenvalue weighted by Crippen LogP contribution is -2.47. The number of rotatable bonds is 10. The van der Waals surface area contributed by atoms with Gasteiger partial charge in [0.15, 0.2) is 11.9 Å². The smallest absolute Gasteiger partial charge is 0.251 e. The van der Waals surface area contributed by atoms with Crippen molar-refractivity contribution >= 4 is 41.0 Å². The number of aromatic nitrogens is 1. The lowest BCUT2D eigenvalue weighted by molar-refractivity contribution is -0.127. The summed E-state index contributed by atoms with van der Waals surface area (Å²) in [5.41, 5.74) is 0.345. The molecule has 1 atom stereocenters. The molecule has 11 heteroatoms. The van der Waals surface area contributed by atoms with Gasteiger partial charge in [0.05, 0.1) is 11.5 Å². The van der Waals surface area contributed by atoms with Crippen molar-refractivity contribution in [3.63, 3.8) is 0 Å². The van der Waals surface area contributed by atoms with Gasteiger partial charge in [-0.3, -0.25) is 19.3 Å². The zero-order valence-corrected chi connectivity index (χ0v) is 22.2. The van der Waals surface area contributed by atoms with E-state index in [0.29, 0.717) is 28.8 Å². The molecule has 38 heavy (non-hydrogen) atoms. The number of aryl methyl sites for hydroxylation is 2. The molecular weight excluding hydrogens is 511 g/mol. The fourth-order valence-corrected chi connectivity index (χ4v) is 5.12. The van der Waals surface area contributed by atoms with Crippen molar-refractivity contribution in [2.24, 2.45) is 0 Å². The maximum atomic E-state index is 13.8. The number of carbonyl (C=O) groups excluding carboxylic acids is 3. The molecule has 0 radical (unpaired) electrons. The van der Waals surface area contributed by atoms with Gasteiger partial charge in [-0.05, 0) is 63.1 Å². The molecule has 1 fully saturated rings. The fraction of sp³-hybridized carbons (Fsp3) is 0.407. The molecule has 202 valence electrons. The van der Waals surface area contributed by atoms with E-state index in [-0.39, 0.29) is 29.4 Å². The molecule has 4 rings (SSSR count). The number of furan rings is 1. The van der Waals surface area contributed by atoms with E-state index in [4.69, 9.17) is 8.94 Å². The van der Waals surface area contributed by atoms with E-state index in [1.807, 2.05) is 0 Å². The van der Waals surface area contributed by atoms with E-state index in [9.17, 15) is 18.8 Å². The zero-order chi connectivity index (χ0) is 27.1. The van der Waals surface area contributed by atoms with Crippen LogP contribution in [0.25, 0.3) is 0 Å². The molecule has 0 spiro atoms. The predicted octanol–water partition coefficient (Wildman–Crippen LogP) is 4.92. The molecule has 1 aliphatic rings. The Morgan fingerprint density at radius 3 is 2.42 bits per heavy atom. The van der Waals surface area contributed by atoms with Gasteiger partial charge in [-0.1, -0.05) is 24.4 Å². The van der Waals surface area contributed by atoms with Crippen LogP contribution in [-0.2, 0) is 14.4 Å². The minimum absolute atomic E-state index is 0.0122. The van der Waals surface area contributed by atoms with Crippen molar-refractivity contribution in [3.05, 3.63) is 65.6 Å². The largest absolute Gasteiger partial charge is 0.464 e. The number of thioether (sulfide) groups is 1. The van der Waals surface area contributed by atoms with Gasteiger partial charge in [-0.2, -0.15) is 0 Å². The molecule has 1 aromatic carbocycles. The highest BCUT2D eigenvalue weighted by Crippen LogP contribution is 2.31. The van der Waals surface area contributed by atoms with Gasteiger partial charge in [0.25, 0.3) is 5.91 Å². The molecule has 3 aromatic rings. The monoisotopic (exact) mass is 542 g/mol. The van der Waals surface area contributed by atoms with E-state index in [1.54, 1.807) is 32.0 Å². The first-order chi connectivity index (χ1) is 18.3. The molecule has 0 aliphatic heterocycles. The average Bonchev–Trinajstić information content (AvgIpc) is 3.50. The van der Waals surface area contributed by atoms with Crippen LogP contribution in [0.1, 0.15) is 55.4 Å². The minimum Gasteiger partial charge on any atom is -0.464 e. The molecule has 3 amide bonds. The van der Waals surface area contributed by atoms with Gasteiger partial charge >= 0.3 is 0 Å². The normalized spacial score (nSPS) is 14.6. The highest BCUT2D eigenvalue weighted by molar-refractivity contribution is 8.00. The van der Waals surface area contributed by atoms with Crippen molar-refractivity contribution < 1.29 is 27.7 Å². The Kier molecular flexibility index (Phi) is 9.22. The van der Waals surface area contributed by atoms with E-state index in [1.165, 1.54) is 29.2 Å². The first kappa shape index (κ1) is 27.4. The molecule has 2 heterocycles. The molecule has 9 nitrogen and oxygen atoms in total. The maximum absolute atomic E-state index is 13.8. The molecule has 2 N–H and O–H groups in total. The van der Waals surface area contributed by atoms with Crippen LogP contribution in [0.5, 0.6) is 0 Å². The third kappa shape index (κ3) is 7.25. The Morgan fingerprint density at radius 1 is 1.05 bits per heavy atom. The average molecular weight is 543 g/mol. The summed E-state index contributed by atoms with van der Waals surface area (Å²) in [7, 11) is 0. The second kappa shape index (κ2) is 12.8. The molecule has 0 saturated heterocycles. The topological polar surface area (TPSA) is 118 Å². The van der Waals surface area contributed by atoms with Crippen molar-refractivity contribution in [2.45, 2.75) is 58.0 Å². The summed E-state index contributed by atoms with van der Waals surface area (Å²) in [5.74, 6) is 0.0172.